The molecule has 0 radical (unpaired) electrons. The maximum Gasteiger partial charge on any atom is 0.411 e. The second kappa shape index (κ2) is 9.43. The van der Waals surface area contributed by atoms with E-state index < -0.39 is 12.8 Å². The number of hydrogen-bond donors (Lipinski definition) is 2. The minimum Gasteiger partial charge on any atom is -0.367 e. The van der Waals surface area contributed by atoms with Gasteiger partial charge in [-0.1, -0.05) is 30.3 Å². The van der Waals surface area contributed by atoms with Crippen molar-refractivity contribution in [2.24, 2.45) is 4.99 Å². The molecule has 1 heterocycles. The van der Waals surface area contributed by atoms with Crippen LogP contribution in [0.3, 0.4) is 0 Å². The van der Waals surface area contributed by atoms with E-state index in [1.165, 1.54) is 4.88 Å². The third-order valence-corrected chi connectivity index (χ3v) is 4.13. The molecular formula is C17H20F3N3OS. The zero-order valence-corrected chi connectivity index (χ0v) is 14.6. The molecule has 0 saturated heterocycles. The lowest BCUT2D eigenvalue weighted by molar-refractivity contribution is -0.176. The molecule has 2 N–H and O–H groups in total. The van der Waals surface area contributed by atoms with Crippen LogP contribution < -0.4 is 10.6 Å². The minimum absolute atomic E-state index is 0.0583. The SMILES string of the molecule is CN=C(NCc1ccc(COCC(F)(F)F)cc1)NCc1cccs1. The van der Waals surface area contributed by atoms with Crippen LogP contribution >= 0.6 is 11.3 Å². The van der Waals surface area contributed by atoms with Crippen LogP contribution in [-0.4, -0.2) is 25.8 Å². The van der Waals surface area contributed by atoms with E-state index in [9.17, 15) is 13.2 Å². The van der Waals surface area contributed by atoms with Crippen molar-refractivity contribution >= 4 is 17.3 Å². The second-order valence-corrected chi connectivity index (χ2v) is 6.32. The number of benzene rings is 1. The second-order valence-electron chi connectivity index (χ2n) is 5.28. The number of halogens is 3. The van der Waals surface area contributed by atoms with Crippen LogP contribution in [0.4, 0.5) is 13.2 Å². The van der Waals surface area contributed by atoms with Crippen LogP contribution in [0, 0.1) is 0 Å². The van der Waals surface area contributed by atoms with Crippen molar-refractivity contribution in [1.29, 1.82) is 0 Å². The molecule has 1 aromatic heterocycles. The molecule has 0 amide bonds. The fourth-order valence-electron chi connectivity index (χ4n) is 2.03. The lowest BCUT2D eigenvalue weighted by atomic mass is 10.1. The first-order valence-corrected chi connectivity index (χ1v) is 8.53. The highest BCUT2D eigenvalue weighted by atomic mass is 32.1. The van der Waals surface area contributed by atoms with Gasteiger partial charge in [0.25, 0.3) is 0 Å². The van der Waals surface area contributed by atoms with Crippen LogP contribution in [0.5, 0.6) is 0 Å². The molecule has 136 valence electrons. The zero-order chi connectivity index (χ0) is 18.1. The monoisotopic (exact) mass is 371 g/mol. The first-order chi connectivity index (χ1) is 12.0. The summed E-state index contributed by atoms with van der Waals surface area (Å²) in [7, 11) is 1.70. The molecule has 8 heteroatoms. The van der Waals surface area contributed by atoms with Gasteiger partial charge in [0.15, 0.2) is 5.96 Å². The van der Waals surface area contributed by atoms with Crippen molar-refractivity contribution < 1.29 is 17.9 Å². The number of hydrogen-bond acceptors (Lipinski definition) is 3. The van der Waals surface area contributed by atoms with Gasteiger partial charge < -0.3 is 15.4 Å². The van der Waals surface area contributed by atoms with E-state index in [1.807, 2.05) is 29.6 Å². The highest BCUT2D eigenvalue weighted by molar-refractivity contribution is 7.09. The molecule has 0 atom stereocenters. The highest BCUT2D eigenvalue weighted by Gasteiger charge is 2.27. The lowest BCUT2D eigenvalue weighted by Crippen LogP contribution is -2.36. The molecule has 2 rings (SSSR count). The van der Waals surface area contributed by atoms with Gasteiger partial charge in [-0.2, -0.15) is 13.2 Å². The maximum absolute atomic E-state index is 12.0. The quantitative estimate of drug-likeness (QED) is 0.576. The topological polar surface area (TPSA) is 45.7 Å². The first-order valence-electron chi connectivity index (χ1n) is 7.65. The van der Waals surface area contributed by atoms with E-state index in [1.54, 1.807) is 30.5 Å². The molecule has 0 aliphatic heterocycles. The number of alkyl halides is 3. The van der Waals surface area contributed by atoms with Gasteiger partial charge in [0.2, 0.25) is 0 Å². The Morgan fingerprint density at radius 3 is 2.36 bits per heavy atom. The molecule has 2 aromatic rings. The third kappa shape index (κ3) is 7.57. The van der Waals surface area contributed by atoms with Crippen molar-refractivity contribution in [3.63, 3.8) is 0 Å². The predicted molar refractivity (Wildman–Crippen MR) is 93.5 cm³/mol. The van der Waals surface area contributed by atoms with Crippen molar-refractivity contribution in [3.8, 4) is 0 Å². The van der Waals surface area contributed by atoms with Gasteiger partial charge in [0, 0.05) is 18.5 Å². The molecule has 0 aliphatic carbocycles. The summed E-state index contributed by atoms with van der Waals surface area (Å²) in [5.41, 5.74) is 1.70. The van der Waals surface area contributed by atoms with Crippen molar-refractivity contribution in [3.05, 3.63) is 57.8 Å². The predicted octanol–water partition coefficient (Wildman–Crippen LogP) is 3.69. The number of guanidine groups is 1. The van der Waals surface area contributed by atoms with Crippen LogP contribution in [0.15, 0.2) is 46.8 Å². The van der Waals surface area contributed by atoms with Crippen LogP contribution in [-0.2, 0) is 24.4 Å². The Hall–Kier alpha value is -2.06. The molecule has 0 unspecified atom stereocenters. The standard InChI is InChI=1S/C17H20F3N3OS/c1-21-16(23-10-15-3-2-8-25-15)22-9-13-4-6-14(7-5-13)11-24-12-17(18,19)20/h2-8H,9-12H2,1H3,(H2,21,22,23). The molecule has 0 spiro atoms. The van der Waals surface area contributed by atoms with E-state index in [2.05, 4.69) is 20.4 Å². The van der Waals surface area contributed by atoms with Gasteiger partial charge in [0.1, 0.15) is 6.61 Å². The van der Waals surface area contributed by atoms with E-state index in [-0.39, 0.29) is 6.61 Å². The Bertz CT molecular complexity index is 655. The average molecular weight is 371 g/mol. The summed E-state index contributed by atoms with van der Waals surface area (Å²) < 4.78 is 40.7. The van der Waals surface area contributed by atoms with Gasteiger partial charge in [-0.15, -0.1) is 11.3 Å². The smallest absolute Gasteiger partial charge is 0.367 e. The summed E-state index contributed by atoms with van der Waals surface area (Å²) in [4.78, 5) is 5.37. The van der Waals surface area contributed by atoms with E-state index in [0.717, 1.165) is 5.56 Å². The van der Waals surface area contributed by atoms with Crippen LogP contribution in [0.1, 0.15) is 16.0 Å². The number of ether oxygens (including phenoxy) is 1. The summed E-state index contributed by atoms with van der Waals surface area (Å²) in [5.74, 6) is 0.686. The number of nitrogens with one attached hydrogen (secondary N) is 2. The molecule has 4 nitrogen and oxygen atoms in total. The van der Waals surface area contributed by atoms with Crippen molar-refractivity contribution in [1.82, 2.24) is 10.6 Å². The molecule has 1 aromatic carbocycles. The van der Waals surface area contributed by atoms with Crippen LogP contribution in [0.25, 0.3) is 0 Å². The van der Waals surface area contributed by atoms with Crippen molar-refractivity contribution in [2.45, 2.75) is 25.9 Å². The summed E-state index contributed by atoms with van der Waals surface area (Å²) in [6, 6.07) is 11.3. The Morgan fingerprint density at radius 1 is 1.08 bits per heavy atom. The van der Waals surface area contributed by atoms with Gasteiger partial charge >= 0.3 is 6.18 Å². The van der Waals surface area contributed by atoms with Gasteiger partial charge in [0.05, 0.1) is 13.2 Å². The molecule has 25 heavy (non-hydrogen) atoms. The fraction of sp³-hybridized carbons (Fsp3) is 0.353. The summed E-state index contributed by atoms with van der Waals surface area (Å²) in [6.07, 6.45) is -4.30. The number of nitrogens with zero attached hydrogens (tertiary/aromatic N) is 1. The van der Waals surface area contributed by atoms with Crippen LogP contribution in [0.2, 0.25) is 0 Å². The van der Waals surface area contributed by atoms with Gasteiger partial charge in [-0.05, 0) is 22.6 Å². The summed E-state index contributed by atoms with van der Waals surface area (Å²) in [6.45, 7) is -0.0274. The zero-order valence-electron chi connectivity index (χ0n) is 13.8. The van der Waals surface area contributed by atoms with Gasteiger partial charge in [-0.25, -0.2) is 0 Å². The molecule has 0 saturated carbocycles. The number of aliphatic imine (C=N–C) groups is 1. The normalized spacial score (nSPS) is 12.2. The lowest BCUT2D eigenvalue weighted by Gasteiger charge is -2.12. The molecular weight excluding hydrogens is 351 g/mol. The maximum atomic E-state index is 12.0. The summed E-state index contributed by atoms with van der Waals surface area (Å²) in [5, 5.41) is 8.43. The fourth-order valence-corrected chi connectivity index (χ4v) is 2.67. The third-order valence-electron chi connectivity index (χ3n) is 3.25. The van der Waals surface area contributed by atoms with E-state index in [0.29, 0.717) is 24.6 Å². The van der Waals surface area contributed by atoms with E-state index in [4.69, 9.17) is 0 Å². The molecule has 0 bridgehead atoms. The number of rotatable bonds is 7. The largest absolute Gasteiger partial charge is 0.411 e. The Morgan fingerprint density at radius 2 is 1.76 bits per heavy atom. The minimum atomic E-state index is -4.30. The highest BCUT2D eigenvalue weighted by Crippen LogP contribution is 2.15. The molecule has 0 aliphatic rings. The summed E-state index contributed by atoms with van der Waals surface area (Å²) >= 11 is 1.67. The molecule has 0 fully saturated rings. The Labute approximate surface area is 148 Å². The Balaban J connectivity index is 1.74. The Kier molecular flexibility index (Phi) is 7.27. The van der Waals surface area contributed by atoms with Gasteiger partial charge in [-0.3, -0.25) is 4.99 Å². The number of thiophene rings is 1. The first kappa shape index (κ1) is 19.3. The average Bonchev–Trinajstić information content (AvgIpc) is 3.08. The van der Waals surface area contributed by atoms with Crippen molar-refractivity contribution in [2.75, 3.05) is 13.7 Å². The van der Waals surface area contributed by atoms with E-state index >= 15 is 0 Å².